The van der Waals surface area contributed by atoms with Gasteiger partial charge in [-0.3, -0.25) is 0 Å². The number of ether oxygens (including phenoxy) is 2. The summed E-state index contributed by atoms with van der Waals surface area (Å²) in [4.78, 5) is 0. The van der Waals surface area contributed by atoms with Crippen LogP contribution in [0, 0.1) is 5.82 Å². The summed E-state index contributed by atoms with van der Waals surface area (Å²) in [7, 11) is 4.94. The normalized spacial score (nSPS) is 12.0. The maximum Gasteiger partial charge on any atom is 0.165 e. The van der Waals surface area contributed by atoms with E-state index in [-0.39, 0.29) is 11.9 Å². The van der Waals surface area contributed by atoms with Crippen LogP contribution in [-0.2, 0) is 0 Å². The predicted octanol–water partition coefficient (Wildman–Crippen LogP) is 3.91. The molecule has 0 aliphatic heterocycles. The van der Waals surface area contributed by atoms with Gasteiger partial charge in [0.25, 0.3) is 0 Å². The zero-order valence-electron chi connectivity index (χ0n) is 12.1. The smallest absolute Gasteiger partial charge is 0.165 e. The van der Waals surface area contributed by atoms with E-state index >= 15 is 0 Å². The Labute approximate surface area is 132 Å². The Balaban J connectivity index is 2.59. The molecule has 112 valence electrons. The van der Waals surface area contributed by atoms with Crippen LogP contribution in [0.25, 0.3) is 0 Å². The van der Waals surface area contributed by atoms with Crippen LogP contribution in [-0.4, -0.2) is 21.3 Å². The Morgan fingerprint density at radius 1 is 1.10 bits per heavy atom. The van der Waals surface area contributed by atoms with E-state index in [0.717, 1.165) is 10.0 Å². The van der Waals surface area contributed by atoms with E-state index in [2.05, 4.69) is 21.2 Å². The molecule has 0 saturated heterocycles. The van der Waals surface area contributed by atoms with Gasteiger partial charge in [0.1, 0.15) is 5.82 Å². The van der Waals surface area contributed by atoms with Gasteiger partial charge in [-0.25, -0.2) is 4.39 Å². The molecule has 0 aromatic heterocycles. The van der Waals surface area contributed by atoms with Crippen LogP contribution in [0.15, 0.2) is 40.9 Å². The fourth-order valence-electron chi connectivity index (χ4n) is 2.35. The predicted molar refractivity (Wildman–Crippen MR) is 84.5 cm³/mol. The summed E-state index contributed by atoms with van der Waals surface area (Å²) in [5.74, 6) is 0.937. The average Bonchev–Trinajstić information content (AvgIpc) is 2.51. The zero-order valence-corrected chi connectivity index (χ0v) is 13.7. The molecule has 21 heavy (non-hydrogen) atoms. The highest BCUT2D eigenvalue weighted by atomic mass is 79.9. The molecule has 2 rings (SSSR count). The minimum absolute atomic E-state index is 0.276. The second kappa shape index (κ2) is 6.91. The molecule has 0 saturated carbocycles. The number of benzene rings is 2. The van der Waals surface area contributed by atoms with Crippen molar-refractivity contribution in [2.24, 2.45) is 0 Å². The molecule has 0 bridgehead atoms. The molecular weight excluding hydrogens is 337 g/mol. The minimum atomic E-state index is -0.340. The van der Waals surface area contributed by atoms with Crippen LogP contribution < -0.4 is 14.8 Å². The van der Waals surface area contributed by atoms with Crippen molar-refractivity contribution in [3.63, 3.8) is 0 Å². The topological polar surface area (TPSA) is 30.5 Å². The van der Waals surface area contributed by atoms with Gasteiger partial charge in [-0.15, -0.1) is 0 Å². The Bertz CT molecular complexity index is 634. The van der Waals surface area contributed by atoms with Crippen LogP contribution >= 0.6 is 15.9 Å². The summed E-state index contributed by atoms with van der Waals surface area (Å²) in [6.07, 6.45) is 0. The molecule has 0 spiro atoms. The maximum absolute atomic E-state index is 14.2. The fraction of sp³-hybridized carbons (Fsp3) is 0.250. The number of rotatable bonds is 5. The number of hydrogen-bond acceptors (Lipinski definition) is 3. The molecule has 5 heteroatoms. The summed E-state index contributed by atoms with van der Waals surface area (Å²) in [6, 6.07) is 10.1. The quantitative estimate of drug-likeness (QED) is 0.883. The maximum atomic E-state index is 14.2. The molecule has 1 atom stereocenters. The van der Waals surface area contributed by atoms with Crippen molar-refractivity contribution >= 4 is 15.9 Å². The van der Waals surface area contributed by atoms with Crippen LogP contribution in [0.1, 0.15) is 17.2 Å². The Kier molecular flexibility index (Phi) is 5.20. The first-order valence-corrected chi connectivity index (χ1v) is 7.24. The summed E-state index contributed by atoms with van der Waals surface area (Å²) in [6.45, 7) is 0. The highest BCUT2D eigenvalue weighted by Gasteiger charge is 2.22. The third kappa shape index (κ3) is 3.19. The van der Waals surface area contributed by atoms with Crippen LogP contribution in [0.3, 0.4) is 0 Å². The van der Waals surface area contributed by atoms with Gasteiger partial charge in [0.2, 0.25) is 0 Å². The Morgan fingerprint density at radius 2 is 1.86 bits per heavy atom. The molecule has 2 aromatic rings. The zero-order chi connectivity index (χ0) is 15.4. The van der Waals surface area contributed by atoms with E-state index < -0.39 is 0 Å². The molecule has 1 N–H and O–H groups in total. The van der Waals surface area contributed by atoms with Crippen molar-refractivity contribution in [1.82, 2.24) is 5.32 Å². The lowest BCUT2D eigenvalue weighted by Crippen LogP contribution is -2.20. The lowest BCUT2D eigenvalue weighted by atomic mass is 9.97. The average molecular weight is 354 g/mol. The number of methoxy groups -OCH3 is 2. The first-order valence-electron chi connectivity index (χ1n) is 6.45. The SMILES string of the molecule is CNC(c1cc(Br)ccc1F)c1cccc(OC)c1OC. The van der Waals surface area contributed by atoms with Gasteiger partial charge in [0.05, 0.1) is 20.3 Å². The molecule has 0 aliphatic carbocycles. The summed E-state index contributed by atoms with van der Waals surface area (Å²) >= 11 is 3.38. The third-order valence-electron chi connectivity index (χ3n) is 3.30. The van der Waals surface area contributed by atoms with E-state index in [1.165, 1.54) is 6.07 Å². The van der Waals surface area contributed by atoms with Crippen molar-refractivity contribution in [3.05, 3.63) is 57.8 Å². The van der Waals surface area contributed by atoms with Gasteiger partial charge < -0.3 is 14.8 Å². The number of halogens is 2. The van der Waals surface area contributed by atoms with Gasteiger partial charge in [-0.2, -0.15) is 0 Å². The lowest BCUT2D eigenvalue weighted by molar-refractivity contribution is 0.349. The minimum Gasteiger partial charge on any atom is -0.493 e. The fourth-order valence-corrected chi connectivity index (χ4v) is 2.73. The summed E-state index contributed by atoms with van der Waals surface area (Å²) in [5.41, 5.74) is 1.36. The molecule has 0 aliphatic rings. The second-order valence-corrected chi connectivity index (χ2v) is 5.39. The Hall–Kier alpha value is -1.59. The van der Waals surface area contributed by atoms with Gasteiger partial charge in [-0.1, -0.05) is 28.1 Å². The molecule has 2 aromatic carbocycles. The first-order chi connectivity index (χ1) is 10.1. The molecule has 1 unspecified atom stereocenters. The summed E-state index contributed by atoms with van der Waals surface area (Å²) < 4.78 is 25.7. The molecular formula is C16H17BrFNO2. The van der Waals surface area contributed by atoms with E-state index in [9.17, 15) is 4.39 Å². The van der Waals surface area contributed by atoms with Crippen molar-refractivity contribution in [3.8, 4) is 11.5 Å². The van der Waals surface area contributed by atoms with Crippen molar-refractivity contribution < 1.29 is 13.9 Å². The standard InChI is InChI=1S/C16H17BrFNO2/c1-19-15(12-9-10(17)7-8-13(12)18)11-5-4-6-14(20-2)16(11)21-3/h4-9,15,19H,1-3H3. The molecule has 0 fully saturated rings. The van der Waals surface area contributed by atoms with Gasteiger partial charge in [-0.05, 0) is 31.3 Å². The first kappa shape index (κ1) is 15.8. The molecule has 0 radical (unpaired) electrons. The van der Waals surface area contributed by atoms with E-state index in [1.807, 2.05) is 18.2 Å². The highest BCUT2D eigenvalue weighted by Crippen LogP contribution is 2.38. The highest BCUT2D eigenvalue weighted by molar-refractivity contribution is 9.10. The van der Waals surface area contributed by atoms with Crippen LogP contribution in [0.2, 0.25) is 0 Å². The Morgan fingerprint density at radius 3 is 2.48 bits per heavy atom. The number of para-hydroxylation sites is 1. The van der Waals surface area contributed by atoms with Crippen molar-refractivity contribution in [2.75, 3.05) is 21.3 Å². The lowest BCUT2D eigenvalue weighted by Gasteiger charge is -2.22. The van der Waals surface area contributed by atoms with E-state index in [4.69, 9.17) is 9.47 Å². The van der Waals surface area contributed by atoms with E-state index in [0.29, 0.717) is 17.1 Å². The van der Waals surface area contributed by atoms with Crippen molar-refractivity contribution in [2.45, 2.75) is 6.04 Å². The van der Waals surface area contributed by atoms with Crippen molar-refractivity contribution in [1.29, 1.82) is 0 Å². The van der Waals surface area contributed by atoms with Crippen LogP contribution in [0.4, 0.5) is 4.39 Å². The molecule has 0 heterocycles. The molecule has 3 nitrogen and oxygen atoms in total. The monoisotopic (exact) mass is 353 g/mol. The number of hydrogen-bond donors (Lipinski definition) is 1. The largest absolute Gasteiger partial charge is 0.493 e. The second-order valence-electron chi connectivity index (χ2n) is 4.47. The van der Waals surface area contributed by atoms with Gasteiger partial charge in [0, 0.05) is 15.6 Å². The third-order valence-corrected chi connectivity index (χ3v) is 3.80. The van der Waals surface area contributed by atoms with Gasteiger partial charge >= 0.3 is 0 Å². The summed E-state index contributed by atoms with van der Waals surface area (Å²) in [5, 5.41) is 3.13. The molecule has 0 amide bonds. The number of nitrogens with one attached hydrogen (secondary N) is 1. The van der Waals surface area contributed by atoms with E-state index in [1.54, 1.807) is 33.4 Å². The van der Waals surface area contributed by atoms with Crippen LogP contribution in [0.5, 0.6) is 11.5 Å². The van der Waals surface area contributed by atoms with Gasteiger partial charge in [0.15, 0.2) is 11.5 Å².